The van der Waals surface area contributed by atoms with Gasteiger partial charge in [-0.25, -0.2) is 0 Å². The third-order valence-corrected chi connectivity index (χ3v) is 3.16. The minimum absolute atomic E-state index is 0.0268. The van der Waals surface area contributed by atoms with E-state index < -0.39 is 0 Å². The van der Waals surface area contributed by atoms with Crippen molar-refractivity contribution in [2.45, 2.75) is 39.0 Å². The number of carbonyl (C=O) groups excluding carboxylic acids is 1. The number of hydrogen-bond acceptors (Lipinski definition) is 2. The van der Waals surface area contributed by atoms with Crippen LogP contribution in [0.4, 0.5) is 5.69 Å². The van der Waals surface area contributed by atoms with Gasteiger partial charge in [0, 0.05) is 6.42 Å². The van der Waals surface area contributed by atoms with Crippen molar-refractivity contribution >= 4 is 23.2 Å². The van der Waals surface area contributed by atoms with Gasteiger partial charge in [-0.05, 0) is 37.9 Å². The first-order valence-corrected chi connectivity index (χ1v) is 6.78. The molecule has 1 aromatic carbocycles. The molecule has 0 aliphatic heterocycles. The van der Waals surface area contributed by atoms with E-state index in [1.807, 2.05) is 19.1 Å². The van der Waals surface area contributed by atoms with E-state index >= 15 is 0 Å². The molecule has 0 saturated carbocycles. The highest BCUT2D eigenvalue weighted by atomic mass is 35.5. The Morgan fingerprint density at radius 3 is 2.67 bits per heavy atom. The van der Waals surface area contributed by atoms with Crippen LogP contribution in [0.25, 0.3) is 0 Å². The third-order valence-electron chi connectivity index (χ3n) is 2.84. The van der Waals surface area contributed by atoms with Crippen LogP contribution in [0.1, 0.15) is 37.7 Å². The summed E-state index contributed by atoms with van der Waals surface area (Å²) in [5.41, 5.74) is 7.13. The van der Waals surface area contributed by atoms with Gasteiger partial charge in [-0.2, -0.15) is 0 Å². The second-order valence-electron chi connectivity index (χ2n) is 4.43. The van der Waals surface area contributed by atoms with Gasteiger partial charge in [0.2, 0.25) is 5.91 Å². The number of benzene rings is 1. The van der Waals surface area contributed by atoms with Crippen molar-refractivity contribution in [1.82, 2.24) is 0 Å². The molecule has 1 amide bonds. The molecule has 1 aromatic rings. The van der Waals surface area contributed by atoms with Crippen LogP contribution in [0.3, 0.4) is 0 Å². The number of aryl methyl sites for hydroxylation is 1. The first-order chi connectivity index (χ1) is 8.65. The number of hydrogen-bond donors (Lipinski definition) is 2. The van der Waals surface area contributed by atoms with Crippen LogP contribution in [0.15, 0.2) is 18.2 Å². The SMILES string of the molecule is Cc1cccc(Cl)c1NC(=O)CCCCCCN. The lowest BCUT2D eigenvalue weighted by Gasteiger charge is -2.10. The van der Waals surface area contributed by atoms with Crippen molar-refractivity contribution in [2.75, 3.05) is 11.9 Å². The largest absolute Gasteiger partial charge is 0.330 e. The molecule has 0 heterocycles. The van der Waals surface area contributed by atoms with E-state index in [1.165, 1.54) is 0 Å². The number of nitrogens with two attached hydrogens (primary N) is 1. The molecule has 3 N–H and O–H groups in total. The summed E-state index contributed by atoms with van der Waals surface area (Å²) in [6.07, 6.45) is 4.61. The molecule has 0 aromatic heterocycles. The lowest BCUT2D eigenvalue weighted by atomic mass is 10.1. The summed E-state index contributed by atoms with van der Waals surface area (Å²) in [6, 6.07) is 5.59. The van der Waals surface area contributed by atoms with Crippen molar-refractivity contribution in [3.8, 4) is 0 Å². The van der Waals surface area contributed by atoms with Crippen molar-refractivity contribution in [3.05, 3.63) is 28.8 Å². The Morgan fingerprint density at radius 2 is 2.00 bits per heavy atom. The standard InChI is InChI=1S/C14H21ClN2O/c1-11-7-6-8-12(15)14(11)17-13(18)9-4-2-3-5-10-16/h6-8H,2-5,9-10,16H2,1H3,(H,17,18). The third kappa shape index (κ3) is 5.07. The van der Waals surface area contributed by atoms with Gasteiger partial charge in [0.15, 0.2) is 0 Å². The monoisotopic (exact) mass is 268 g/mol. The quantitative estimate of drug-likeness (QED) is 0.744. The Labute approximate surface area is 114 Å². The number of anilines is 1. The van der Waals surface area contributed by atoms with E-state index in [-0.39, 0.29) is 5.91 Å². The van der Waals surface area contributed by atoms with Crippen LogP contribution in [0.5, 0.6) is 0 Å². The van der Waals surface area contributed by atoms with Gasteiger partial charge in [0.25, 0.3) is 0 Å². The number of carbonyl (C=O) groups is 1. The average Bonchev–Trinajstić information content (AvgIpc) is 2.34. The van der Waals surface area contributed by atoms with Crippen molar-refractivity contribution in [2.24, 2.45) is 5.73 Å². The predicted octanol–water partition coefficient (Wildman–Crippen LogP) is 3.50. The van der Waals surface area contributed by atoms with E-state index in [2.05, 4.69) is 5.32 Å². The maximum Gasteiger partial charge on any atom is 0.224 e. The van der Waals surface area contributed by atoms with E-state index in [1.54, 1.807) is 6.07 Å². The van der Waals surface area contributed by atoms with E-state index in [0.717, 1.165) is 43.5 Å². The molecule has 1 rings (SSSR count). The summed E-state index contributed by atoms with van der Waals surface area (Å²) in [4.78, 5) is 11.8. The number of amides is 1. The van der Waals surface area contributed by atoms with E-state index in [0.29, 0.717) is 11.4 Å². The molecule has 3 nitrogen and oxygen atoms in total. The summed E-state index contributed by atoms with van der Waals surface area (Å²) in [5, 5.41) is 3.46. The number of halogens is 1. The number of para-hydroxylation sites is 1. The molecule has 0 bridgehead atoms. The molecule has 0 fully saturated rings. The lowest BCUT2D eigenvalue weighted by molar-refractivity contribution is -0.116. The maximum atomic E-state index is 11.8. The van der Waals surface area contributed by atoms with Gasteiger partial charge in [-0.1, -0.05) is 36.6 Å². The molecule has 0 aliphatic rings. The number of rotatable bonds is 7. The Balaban J connectivity index is 2.36. The first kappa shape index (κ1) is 15.0. The number of nitrogens with one attached hydrogen (secondary N) is 1. The fourth-order valence-corrected chi connectivity index (χ4v) is 2.04. The van der Waals surface area contributed by atoms with Gasteiger partial charge in [-0.15, -0.1) is 0 Å². The number of unbranched alkanes of at least 4 members (excludes halogenated alkanes) is 3. The van der Waals surface area contributed by atoms with Gasteiger partial charge in [0.05, 0.1) is 10.7 Å². The van der Waals surface area contributed by atoms with Crippen LogP contribution in [0.2, 0.25) is 5.02 Å². The summed E-state index contributed by atoms with van der Waals surface area (Å²) in [5.74, 6) is 0.0268. The van der Waals surface area contributed by atoms with Gasteiger partial charge in [-0.3, -0.25) is 4.79 Å². The summed E-state index contributed by atoms with van der Waals surface area (Å²) in [7, 11) is 0. The van der Waals surface area contributed by atoms with Gasteiger partial charge >= 0.3 is 0 Å². The van der Waals surface area contributed by atoms with Crippen LogP contribution >= 0.6 is 11.6 Å². The Hall–Kier alpha value is -1.06. The molecule has 18 heavy (non-hydrogen) atoms. The molecule has 100 valence electrons. The fraction of sp³-hybridized carbons (Fsp3) is 0.500. The molecule has 4 heteroatoms. The second kappa shape index (κ2) is 8.11. The van der Waals surface area contributed by atoms with Crippen molar-refractivity contribution < 1.29 is 4.79 Å². The highest BCUT2D eigenvalue weighted by Gasteiger charge is 2.07. The fourth-order valence-electron chi connectivity index (χ4n) is 1.78. The summed E-state index contributed by atoms with van der Waals surface area (Å²) >= 11 is 6.05. The first-order valence-electron chi connectivity index (χ1n) is 6.40. The van der Waals surface area contributed by atoms with Gasteiger partial charge < -0.3 is 11.1 Å². The highest BCUT2D eigenvalue weighted by Crippen LogP contribution is 2.25. The zero-order valence-electron chi connectivity index (χ0n) is 10.8. The molecule has 0 saturated heterocycles. The van der Waals surface area contributed by atoms with E-state index in [9.17, 15) is 4.79 Å². The topological polar surface area (TPSA) is 55.1 Å². The summed E-state index contributed by atoms with van der Waals surface area (Å²) < 4.78 is 0. The average molecular weight is 269 g/mol. The summed E-state index contributed by atoms with van der Waals surface area (Å²) in [6.45, 7) is 2.66. The Bertz CT molecular complexity index is 373. The molecule has 0 atom stereocenters. The smallest absolute Gasteiger partial charge is 0.224 e. The molecule has 0 radical (unpaired) electrons. The van der Waals surface area contributed by atoms with Crippen molar-refractivity contribution in [1.29, 1.82) is 0 Å². The van der Waals surface area contributed by atoms with Gasteiger partial charge in [0.1, 0.15) is 0 Å². The molecular weight excluding hydrogens is 248 g/mol. The van der Waals surface area contributed by atoms with Crippen LogP contribution in [-0.4, -0.2) is 12.5 Å². The lowest BCUT2D eigenvalue weighted by Crippen LogP contribution is -2.12. The molecular formula is C14H21ClN2O. The van der Waals surface area contributed by atoms with Crippen LogP contribution in [0, 0.1) is 6.92 Å². The Kier molecular flexibility index (Phi) is 6.76. The zero-order valence-corrected chi connectivity index (χ0v) is 11.6. The predicted molar refractivity (Wildman–Crippen MR) is 77.0 cm³/mol. The minimum atomic E-state index is 0.0268. The Morgan fingerprint density at radius 1 is 1.28 bits per heavy atom. The minimum Gasteiger partial charge on any atom is -0.330 e. The maximum absolute atomic E-state index is 11.8. The molecule has 0 unspecified atom stereocenters. The highest BCUT2D eigenvalue weighted by molar-refractivity contribution is 6.33. The second-order valence-corrected chi connectivity index (χ2v) is 4.84. The normalized spacial score (nSPS) is 10.4. The molecule has 0 spiro atoms. The molecule has 0 aliphatic carbocycles. The van der Waals surface area contributed by atoms with Crippen LogP contribution in [-0.2, 0) is 4.79 Å². The zero-order chi connectivity index (χ0) is 13.4. The van der Waals surface area contributed by atoms with Crippen LogP contribution < -0.4 is 11.1 Å². The van der Waals surface area contributed by atoms with Crippen molar-refractivity contribution in [3.63, 3.8) is 0 Å². The van der Waals surface area contributed by atoms with E-state index in [4.69, 9.17) is 17.3 Å².